The van der Waals surface area contributed by atoms with Gasteiger partial charge in [0.25, 0.3) is 0 Å². The summed E-state index contributed by atoms with van der Waals surface area (Å²) in [5.74, 6) is 7.14. The molecule has 3 nitrogen and oxygen atoms in total. The van der Waals surface area contributed by atoms with E-state index in [-0.39, 0.29) is 20.1 Å². The number of nitrogens with zero attached hydrogens (tertiary/aromatic N) is 2. The summed E-state index contributed by atoms with van der Waals surface area (Å²) in [6.07, 6.45) is 3.97. The Labute approximate surface area is 295 Å². The normalized spacial score (nSPS) is 13.0. The van der Waals surface area contributed by atoms with Gasteiger partial charge in [-0.1, -0.05) is 72.1 Å². The Morgan fingerprint density at radius 3 is 2.13 bits per heavy atom. The molecule has 0 fully saturated rings. The van der Waals surface area contributed by atoms with E-state index in [0.717, 1.165) is 39.1 Å². The summed E-state index contributed by atoms with van der Waals surface area (Å²) in [5, 5.41) is 5.26. The van der Waals surface area contributed by atoms with Crippen LogP contribution < -0.4 is 14.8 Å². The third-order valence-corrected chi connectivity index (χ3v) is 17.2. The van der Waals surface area contributed by atoms with Crippen LogP contribution in [0.5, 0.6) is 0 Å². The molecular weight excluding hydrogens is 829 g/mol. The number of hydrogen-bond acceptors (Lipinski definition) is 3. The number of furan rings is 1. The Hall–Kier alpha value is -3.61. The van der Waals surface area contributed by atoms with E-state index >= 15 is 0 Å². The second-order valence-corrected chi connectivity index (χ2v) is 28.8. The van der Waals surface area contributed by atoms with E-state index in [1.54, 1.807) is 0 Å². The molecule has 237 valence electrons. The summed E-state index contributed by atoms with van der Waals surface area (Å²) in [6, 6.07) is 38.5. The molecule has 47 heavy (non-hydrogen) atoms. The van der Waals surface area contributed by atoms with Crippen molar-refractivity contribution in [2.75, 3.05) is 0 Å². The molecule has 8 rings (SSSR count). The van der Waals surface area contributed by atoms with Crippen LogP contribution in [0.1, 0.15) is 11.1 Å². The van der Waals surface area contributed by atoms with Crippen LogP contribution in [0.25, 0.3) is 55.6 Å². The van der Waals surface area contributed by atoms with Crippen molar-refractivity contribution in [3.05, 3.63) is 127 Å². The third kappa shape index (κ3) is 6.00. The van der Waals surface area contributed by atoms with Crippen LogP contribution in [-0.4, -0.2) is 31.3 Å². The first-order chi connectivity index (χ1) is 22.0. The van der Waals surface area contributed by atoms with Gasteiger partial charge in [-0.15, -0.1) is 18.2 Å². The van der Waals surface area contributed by atoms with Crippen LogP contribution in [0, 0.1) is 26.0 Å². The molecule has 0 atom stereocenters. The molecule has 7 aromatic rings. The average Bonchev–Trinajstić information content (AvgIpc) is 3.55. The molecule has 3 aromatic heterocycles. The Bertz CT molecular complexity index is 2240. The number of aryl methyl sites for hydroxylation is 2. The first-order valence-corrected chi connectivity index (χ1v) is 26.3. The number of pyridine rings is 2. The fourth-order valence-corrected chi connectivity index (χ4v) is 11.7. The van der Waals surface area contributed by atoms with E-state index in [9.17, 15) is 0 Å². The van der Waals surface area contributed by atoms with Crippen LogP contribution in [-0.2, 0) is 20.1 Å². The molecule has 0 saturated carbocycles. The maximum Gasteiger partial charge on any atom is 0 e. The van der Waals surface area contributed by atoms with Gasteiger partial charge in [0.05, 0.1) is 5.58 Å². The van der Waals surface area contributed by atoms with Gasteiger partial charge in [-0.2, -0.15) is 0 Å². The SMILES string of the molecule is Cc1cnc(-c2[c-]ccc3c2oc2c4c(ccc23)[Si](C)(C)c2ccccc2-4)cc1C.[CH3][Ge]([CH3])([CH3])[c]1ccc(-c2[c-]cccc2)nc1.[Ir]. The molecule has 6 heteroatoms. The molecule has 0 unspecified atom stereocenters. The second-order valence-electron chi connectivity index (χ2n) is 13.8. The Balaban J connectivity index is 0.000000194. The van der Waals surface area contributed by atoms with E-state index in [0.29, 0.717) is 0 Å². The third-order valence-electron chi connectivity index (χ3n) is 9.39. The topological polar surface area (TPSA) is 38.9 Å². The summed E-state index contributed by atoms with van der Waals surface area (Å²) >= 11 is -1.72. The van der Waals surface area contributed by atoms with Crippen molar-refractivity contribution in [3.63, 3.8) is 0 Å². The van der Waals surface area contributed by atoms with Crippen LogP contribution >= 0.6 is 0 Å². The van der Waals surface area contributed by atoms with Crippen molar-refractivity contribution in [1.82, 2.24) is 9.97 Å². The van der Waals surface area contributed by atoms with E-state index in [4.69, 9.17) is 4.42 Å². The summed E-state index contributed by atoms with van der Waals surface area (Å²) in [6.45, 7) is 9.08. The molecule has 0 bridgehead atoms. The zero-order valence-electron chi connectivity index (χ0n) is 28.0. The van der Waals surface area contributed by atoms with Crippen molar-refractivity contribution < 1.29 is 24.5 Å². The molecule has 4 heterocycles. The van der Waals surface area contributed by atoms with E-state index in [2.05, 4.69) is 127 Å². The molecule has 1 aliphatic heterocycles. The van der Waals surface area contributed by atoms with Crippen LogP contribution in [0.2, 0.25) is 30.4 Å². The Morgan fingerprint density at radius 1 is 0.681 bits per heavy atom. The fraction of sp³-hybridized carbons (Fsp3) is 0.171. The molecule has 0 amide bonds. The van der Waals surface area contributed by atoms with Crippen molar-refractivity contribution in [2.24, 2.45) is 0 Å². The standard InChI is InChI=1S/C27H22NOSi.C14H16GeN.Ir/c1-16-14-22(28-15-17(16)2)20-10-7-9-18-19-12-13-24-25(27(19)29-26(18)20)21-8-5-6-11-23(21)30(24,3)4;1-15(2,3)13-9-10-14(16-11-13)12-7-5-4-6-8-12;/h5-9,11-15H,1-4H3;4-7,9-11H,1-3H3;/q2*-1;. The molecule has 1 aliphatic rings. The van der Waals surface area contributed by atoms with Gasteiger partial charge in [0.1, 0.15) is 13.7 Å². The van der Waals surface area contributed by atoms with Gasteiger partial charge in [0.2, 0.25) is 0 Å². The molecule has 1 radical (unpaired) electrons. The van der Waals surface area contributed by atoms with E-state index in [1.807, 2.05) is 42.7 Å². The van der Waals surface area contributed by atoms with Gasteiger partial charge in [0.15, 0.2) is 0 Å². The van der Waals surface area contributed by atoms with E-state index in [1.165, 1.54) is 42.4 Å². The molecule has 0 spiro atoms. The summed E-state index contributed by atoms with van der Waals surface area (Å²) in [4.78, 5) is 9.21. The predicted octanol–water partition coefficient (Wildman–Crippen LogP) is 8.96. The minimum Gasteiger partial charge on any atom is 0 e. The smallest absolute Gasteiger partial charge is 0 e. The van der Waals surface area contributed by atoms with Crippen LogP contribution in [0.15, 0.2) is 108 Å². The van der Waals surface area contributed by atoms with Crippen molar-refractivity contribution >= 4 is 58.0 Å². The number of benzene rings is 4. The maximum absolute atomic E-state index is 6.65. The Morgan fingerprint density at radius 2 is 1.43 bits per heavy atom. The van der Waals surface area contributed by atoms with Gasteiger partial charge in [0, 0.05) is 37.3 Å². The second kappa shape index (κ2) is 12.8. The van der Waals surface area contributed by atoms with Crippen molar-refractivity contribution in [2.45, 2.75) is 44.2 Å². The zero-order valence-corrected chi connectivity index (χ0v) is 33.4. The summed E-state index contributed by atoms with van der Waals surface area (Å²) < 4.78 is 8.10. The minimum atomic E-state index is -1.72. The molecular formula is C41H38GeIrN2OSi-2. The minimum absolute atomic E-state index is 0. The van der Waals surface area contributed by atoms with Crippen LogP contribution in [0.4, 0.5) is 0 Å². The number of aromatic nitrogens is 2. The summed E-state index contributed by atoms with van der Waals surface area (Å²) in [7, 11) is -1.72. The Kier molecular flexibility index (Phi) is 9.05. The molecule has 4 aromatic carbocycles. The van der Waals surface area contributed by atoms with Gasteiger partial charge < -0.3 is 9.40 Å². The zero-order chi connectivity index (χ0) is 32.2. The van der Waals surface area contributed by atoms with Crippen molar-refractivity contribution in [1.29, 1.82) is 0 Å². The van der Waals surface area contributed by atoms with E-state index < -0.39 is 21.3 Å². The van der Waals surface area contributed by atoms with Crippen molar-refractivity contribution in [3.8, 4) is 33.6 Å². The first kappa shape index (κ1) is 33.3. The quantitative estimate of drug-likeness (QED) is 0.132. The average molecular weight is 868 g/mol. The van der Waals surface area contributed by atoms with Gasteiger partial charge in [-0.3, -0.25) is 0 Å². The first-order valence-electron chi connectivity index (χ1n) is 15.9. The summed E-state index contributed by atoms with van der Waals surface area (Å²) in [5.41, 5.74) is 10.8. The molecule has 0 aliphatic carbocycles. The number of fused-ring (bicyclic) bond motifs is 7. The predicted molar refractivity (Wildman–Crippen MR) is 199 cm³/mol. The fourth-order valence-electron chi connectivity index (χ4n) is 6.49. The van der Waals surface area contributed by atoms with Gasteiger partial charge >= 0.3 is 99.8 Å². The van der Waals surface area contributed by atoms with Gasteiger partial charge in [-0.25, -0.2) is 0 Å². The largest absolute Gasteiger partial charge is 0 e. The molecule has 0 saturated heterocycles. The van der Waals surface area contributed by atoms with Crippen LogP contribution in [0.3, 0.4) is 0 Å². The monoisotopic (exact) mass is 869 g/mol. The van der Waals surface area contributed by atoms with Gasteiger partial charge in [-0.05, 0) is 41.0 Å². The maximum atomic E-state index is 6.65. The number of hydrogen-bond donors (Lipinski definition) is 0. The number of rotatable bonds is 3. The molecule has 0 N–H and O–H groups in total.